The van der Waals surface area contributed by atoms with Crippen molar-refractivity contribution < 1.29 is 9.13 Å². The molecule has 3 heterocycles. The molecule has 7 heteroatoms. The molecule has 0 saturated carbocycles. The lowest BCUT2D eigenvalue weighted by Crippen LogP contribution is -2.41. The standard InChI is InChI=1S/C20H19FN4O2/c1-24-19(26)12-17(14-5-7-22-8-6-14)23-20(24)25-9-10-27-18(13-25)15-3-2-4-16(21)11-15/h2-8,11-12,18H,9-10,13H2,1H3/t18-/m1/s1. The Balaban J connectivity index is 1.68. The van der Waals surface area contributed by atoms with Gasteiger partial charge in [0.25, 0.3) is 5.56 Å². The molecule has 1 fully saturated rings. The zero-order chi connectivity index (χ0) is 18.8. The number of morpholine rings is 1. The quantitative estimate of drug-likeness (QED) is 0.713. The second kappa shape index (κ2) is 7.28. The summed E-state index contributed by atoms with van der Waals surface area (Å²) in [5, 5.41) is 0. The molecule has 0 N–H and O–H groups in total. The first kappa shape index (κ1) is 17.4. The van der Waals surface area contributed by atoms with Gasteiger partial charge in [-0.25, -0.2) is 9.37 Å². The van der Waals surface area contributed by atoms with Gasteiger partial charge in [0.2, 0.25) is 5.95 Å². The fourth-order valence-corrected chi connectivity index (χ4v) is 3.22. The topological polar surface area (TPSA) is 60.2 Å². The van der Waals surface area contributed by atoms with Gasteiger partial charge in [0.15, 0.2) is 0 Å². The molecular weight excluding hydrogens is 347 g/mol. The molecule has 0 amide bonds. The largest absolute Gasteiger partial charge is 0.370 e. The third-order valence-corrected chi connectivity index (χ3v) is 4.66. The summed E-state index contributed by atoms with van der Waals surface area (Å²) in [7, 11) is 1.70. The molecule has 0 bridgehead atoms. The third-order valence-electron chi connectivity index (χ3n) is 4.66. The Morgan fingerprint density at radius 3 is 2.78 bits per heavy atom. The number of halogens is 1. The van der Waals surface area contributed by atoms with Gasteiger partial charge in [0.05, 0.1) is 18.8 Å². The second-order valence-corrected chi connectivity index (χ2v) is 6.43. The average Bonchev–Trinajstić information content (AvgIpc) is 2.71. The van der Waals surface area contributed by atoms with Crippen LogP contribution in [0.2, 0.25) is 0 Å². The first-order chi connectivity index (χ1) is 13.1. The van der Waals surface area contributed by atoms with Crippen molar-refractivity contribution >= 4 is 5.95 Å². The van der Waals surface area contributed by atoms with Gasteiger partial charge in [-0.3, -0.25) is 14.3 Å². The van der Waals surface area contributed by atoms with Crippen molar-refractivity contribution in [2.45, 2.75) is 6.10 Å². The van der Waals surface area contributed by atoms with Gasteiger partial charge in [0, 0.05) is 37.6 Å². The lowest BCUT2D eigenvalue weighted by molar-refractivity contribution is 0.0388. The van der Waals surface area contributed by atoms with Crippen LogP contribution in [0.5, 0.6) is 0 Å². The molecule has 1 aromatic carbocycles. The maximum absolute atomic E-state index is 13.6. The summed E-state index contributed by atoms with van der Waals surface area (Å²) in [5.74, 6) is 0.275. The number of nitrogens with zero attached hydrogens (tertiary/aromatic N) is 4. The molecule has 0 unspecified atom stereocenters. The van der Waals surface area contributed by atoms with Crippen LogP contribution in [0.15, 0.2) is 59.7 Å². The van der Waals surface area contributed by atoms with Crippen LogP contribution in [0.25, 0.3) is 11.3 Å². The summed E-state index contributed by atoms with van der Waals surface area (Å²) in [6, 6.07) is 11.6. The van der Waals surface area contributed by atoms with Gasteiger partial charge in [-0.05, 0) is 29.8 Å². The number of anilines is 1. The molecule has 1 aliphatic heterocycles. The molecular formula is C20H19FN4O2. The zero-order valence-electron chi connectivity index (χ0n) is 14.9. The predicted molar refractivity (Wildman–Crippen MR) is 100 cm³/mol. The Hall–Kier alpha value is -3.06. The highest BCUT2D eigenvalue weighted by Gasteiger charge is 2.25. The fraction of sp³-hybridized carbons (Fsp3) is 0.250. The molecule has 1 atom stereocenters. The highest BCUT2D eigenvalue weighted by molar-refractivity contribution is 5.59. The Bertz CT molecular complexity index is 1010. The molecule has 27 heavy (non-hydrogen) atoms. The Labute approximate surface area is 155 Å². The van der Waals surface area contributed by atoms with E-state index in [4.69, 9.17) is 9.72 Å². The summed E-state index contributed by atoms with van der Waals surface area (Å²) in [6.07, 6.45) is 3.06. The Kier molecular flexibility index (Phi) is 4.68. The molecule has 3 aromatic rings. The van der Waals surface area contributed by atoms with E-state index in [9.17, 15) is 9.18 Å². The van der Waals surface area contributed by atoms with Crippen LogP contribution in [0.1, 0.15) is 11.7 Å². The summed E-state index contributed by atoms with van der Waals surface area (Å²) < 4.78 is 20.9. The van der Waals surface area contributed by atoms with Crippen LogP contribution in [0.4, 0.5) is 10.3 Å². The van der Waals surface area contributed by atoms with E-state index in [1.807, 2.05) is 23.1 Å². The number of pyridine rings is 1. The van der Waals surface area contributed by atoms with Crippen LogP contribution < -0.4 is 10.5 Å². The summed E-state index contributed by atoms with van der Waals surface area (Å²) >= 11 is 0. The van der Waals surface area contributed by atoms with E-state index in [-0.39, 0.29) is 17.5 Å². The smallest absolute Gasteiger partial charge is 0.255 e. The number of hydrogen-bond acceptors (Lipinski definition) is 5. The van der Waals surface area contributed by atoms with Crippen LogP contribution in [0.3, 0.4) is 0 Å². The molecule has 4 rings (SSSR count). The van der Waals surface area contributed by atoms with Crippen molar-refractivity contribution in [1.82, 2.24) is 14.5 Å². The number of rotatable bonds is 3. The van der Waals surface area contributed by atoms with Gasteiger partial charge in [-0.15, -0.1) is 0 Å². The van der Waals surface area contributed by atoms with Gasteiger partial charge in [-0.2, -0.15) is 0 Å². The van der Waals surface area contributed by atoms with E-state index >= 15 is 0 Å². The monoisotopic (exact) mass is 366 g/mol. The molecule has 6 nitrogen and oxygen atoms in total. The molecule has 2 aromatic heterocycles. The number of hydrogen-bond donors (Lipinski definition) is 0. The molecule has 1 saturated heterocycles. The highest BCUT2D eigenvalue weighted by atomic mass is 19.1. The fourth-order valence-electron chi connectivity index (χ4n) is 3.22. The van der Waals surface area contributed by atoms with Crippen molar-refractivity contribution in [3.05, 3.63) is 76.6 Å². The maximum Gasteiger partial charge on any atom is 0.255 e. The molecule has 0 radical (unpaired) electrons. The Morgan fingerprint density at radius 2 is 2.00 bits per heavy atom. The van der Waals surface area contributed by atoms with E-state index in [0.717, 1.165) is 11.1 Å². The van der Waals surface area contributed by atoms with Crippen molar-refractivity contribution in [3.63, 3.8) is 0 Å². The van der Waals surface area contributed by atoms with Crippen LogP contribution in [-0.4, -0.2) is 34.2 Å². The third kappa shape index (κ3) is 3.59. The van der Waals surface area contributed by atoms with Crippen molar-refractivity contribution in [2.75, 3.05) is 24.6 Å². The van der Waals surface area contributed by atoms with E-state index in [1.165, 1.54) is 22.8 Å². The maximum atomic E-state index is 13.6. The number of aromatic nitrogens is 3. The first-order valence-electron chi connectivity index (χ1n) is 8.72. The summed E-state index contributed by atoms with van der Waals surface area (Å²) in [4.78, 5) is 23.2. The normalized spacial score (nSPS) is 17.1. The van der Waals surface area contributed by atoms with E-state index in [1.54, 1.807) is 25.5 Å². The minimum Gasteiger partial charge on any atom is -0.370 e. The lowest BCUT2D eigenvalue weighted by atomic mass is 10.1. The minimum absolute atomic E-state index is 0.138. The van der Waals surface area contributed by atoms with Gasteiger partial charge in [0.1, 0.15) is 11.9 Å². The summed E-state index contributed by atoms with van der Waals surface area (Å²) in [6.45, 7) is 1.56. The van der Waals surface area contributed by atoms with Crippen LogP contribution >= 0.6 is 0 Å². The predicted octanol–water partition coefficient (Wildman–Crippen LogP) is 2.56. The van der Waals surface area contributed by atoms with E-state index < -0.39 is 0 Å². The lowest BCUT2D eigenvalue weighted by Gasteiger charge is -2.34. The highest BCUT2D eigenvalue weighted by Crippen LogP contribution is 2.26. The SMILES string of the molecule is Cn1c(N2CCO[C@@H](c3cccc(F)c3)C2)nc(-c2ccncc2)cc1=O. The Morgan fingerprint density at radius 1 is 1.19 bits per heavy atom. The van der Waals surface area contributed by atoms with Crippen LogP contribution in [0, 0.1) is 5.82 Å². The van der Waals surface area contributed by atoms with Crippen LogP contribution in [-0.2, 0) is 11.8 Å². The number of benzene rings is 1. The second-order valence-electron chi connectivity index (χ2n) is 6.43. The molecule has 138 valence electrons. The first-order valence-corrected chi connectivity index (χ1v) is 8.72. The van der Waals surface area contributed by atoms with Crippen molar-refractivity contribution in [2.24, 2.45) is 7.05 Å². The van der Waals surface area contributed by atoms with Gasteiger partial charge >= 0.3 is 0 Å². The van der Waals surface area contributed by atoms with Gasteiger partial charge in [-0.1, -0.05) is 12.1 Å². The van der Waals surface area contributed by atoms with E-state index in [2.05, 4.69) is 4.98 Å². The van der Waals surface area contributed by atoms with Gasteiger partial charge < -0.3 is 9.64 Å². The molecule has 0 spiro atoms. The molecule has 1 aliphatic rings. The van der Waals surface area contributed by atoms with E-state index in [0.29, 0.717) is 31.3 Å². The van der Waals surface area contributed by atoms with Crippen molar-refractivity contribution in [1.29, 1.82) is 0 Å². The zero-order valence-corrected chi connectivity index (χ0v) is 14.9. The minimum atomic E-state index is -0.293. The number of ether oxygens (including phenoxy) is 1. The van der Waals surface area contributed by atoms with Crippen molar-refractivity contribution in [3.8, 4) is 11.3 Å². The molecule has 0 aliphatic carbocycles. The average molecular weight is 366 g/mol. The summed E-state index contributed by atoms with van der Waals surface area (Å²) in [5.41, 5.74) is 2.07.